The van der Waals surface area contributed by atoms with E-state index in [1.54, 1.807) is 12.3 Å². The van der Waals surface area contributed by atoms with Gasteiger partial charge < -0.3 is 4.90 Å². The molecule has 3 rings (SSSR count). The van der Waals surface area contributed by atoms with Gasteiger partial charge in [-0.3, -0.25) is 9.78 Å². The SMILES string of the molecule is Cc1cc(Cl)c(C(=O)N2CCC3CCCCC3C2)cn1. The molecule has 2 atom stereocenters. The molecule has 0 spiro atoms. The molecule has 4 heteroatoms. The third kappa shape index (κ3) is 2.69. The van der Waals surface area contributed by atoms with Crippen molar-refractivity contribution in [3.8, 4) is 0 Å². The highest BCUT2D eigenvalue weighted by Gasteiger charge is 2.33. The first-order chi connectivity index (χ1) is 9.65. The van der Waals surface area contributed by atoms with Gasteiger partial charge in [0.25, 0.3) is 5.91 Å². The van der Waals surface area contributed by atoms with Gasteiger partial charge in [-0.1, -0.05) is 30.9 Å². The first-order valence-electron chi connectivity index (χ1n) is 7.56. The quantitative estimate of drug-likeness (QED) is 0.791. The summed E-state index contributed by atoms with van der Waals surface area (Å²) in [5, 5.41) is 0.522. The number of carbonyl (C=O) groups is 1. The lowest BCUT2D eigenvalue weighted by molar-refractivity contribution is 0.0520. The molecule has 1 saturated heterocycles. The van der Waals surface area contributed by atoms with Gasteiger partial charge in [0.05, 0.1) is 10.6 Å². The number of likely N-dealkylation sites (tertiary alicyclic amines) is 1. The van der Waals surface area contributed by atoms with E-state index >= 15 is 0 Å². The molecule has 0 aromatic carbocycles. The molecule has 1 aromatic heterocycles. The zero-order valence-electron chi connectivity index (χ0n) is 11.9. The molecule has 0 radical (unpaired) electrons. The summed E-state index contributed by atoms with van der Waals surface area (Å²) in [5.41, 5.74) is 1.39. The second-order valence-electron chi connectivity index (χ2n) is 6.15. The van der Waals surface area contributed by atoms with E-state index in [4.69, 9.17) is 11.6 Å². The average Bonchev–Trinajstić information content (AvgIpc) is 2.46. The number of halogens is 1. The van der Waals surface area contributed by atoms with Gasteiger partial charge in [-0.05, 0) is 37.7 Å². The molecule has 20 heavy (non-hydrogen) atoms. The van der Waals surface area contributed by atoms with Crippen molar-refractivity contribution < 1.29 is 4.79 Å². The molecule has 1 aliphatic heterocycles. The number of fused-ring (bicyclic) bond motifs is 1. The Labute approximate surface area is 125 Å². The number of hydrogen-bond donors (Lipinski definition) is 0. The van der Waals surface area contributed by atoms with E-state index in [9.17, 15) is 4.79 Å². The van der Waals surface area contributed by atoms with Crippen LogP contribution in [0.25, 0.3) is 0 Å². The lowest BCUT2D eigenvalue weighted by Gasteiger charge is -2.41. The first-order valence-corrected chi connectivity index (χ1v) is 7.94. The second-order valence-corrected chi connectivity index (χ2v) is 6.56. The molecule has 108 valence electrons. The topological polar surface area (TPSA) is 33.2 Å². The first kappa shape index (κ1) is 13.9. The normalized spacial score (nSPS) is 26.2. The fourth-order valence-corrected chi connectivity index (χ4v) is 3.93. The fourth-order valence-electron chi connectivity index (χ4n) is 3.64. The monoisotopic (exact) mass is 292 g/mol. The van der Waals surface area contributed by atoms with Crippen LogP contribution in [0.15, 0.2) is 12.3 Å². The predicted octanol–water partition coefficient (Wildman–Crippen LogP) is 3.70. The van der Waals surface area contributed by atoms with Crippen LogP contribution < -0.4 is 0 Å². The molecular formula is C16H21ClN2O. The zero-order chi connectivity index (χ0) is 14.1. The van der Waals surface area contributed by atoms with Crippen LogP contribution >= 0.6 is 11.6 Å². The Balaban J connectivity index is 1.74. The van der Waals surface area contributed by atoms with Crippen LogP contribution in [-0.2, 0) is 0 Å². The maximum atomic E-state index is 12.6. The molecule has 1 aromatic rings. The molecule has 2 unspecified atom stereocenters. The Morgan fingerprint density at radius 2 is 2.05 bits per heavy atom. The van der Waals surface area contributed by atoms with E-state index in [0.29, 0.717) is 16.5 Å². The number of amides is 1. The van der Waals surface area contributed by atoms with Crippen molar-refractivity contribution in [1.82, 2.24) is 9.88 Å². The van der Waals surface area contributed by atoms with Gasteiger partial charge in [-0.15, -0.1) is 0 Å². The highest BCUT2D eigenvalue weighted by molar-refractivity contribution is 6.33. The summed E-state index contributed by atoms with van der Waals surface area (Å²) in [6, 6.07) is 1.77. The number of rotatable bonds is 1. The molecule has 1 amide bonds. The van der Waals surface area contributed by atoms with Gasteiger partial charge in [-0.25, -0.2) is 0 Å². The number of hydrogen-bond acceptors (Lipinski definition) is 2. The molecular weight excluding hydrogens is 272 g/mol. The van der Waals surface area contributed by atoms with E-state index in [2.05, 4.69) is 4.98 Å². The largest absolute Gasteiger partial charge is 0.338 e. The van der Waals surface area contributed by atoms with Gasteiger partial charge in [0.2, 0.25) is 0 Å². The third-order valence-electron chi connectivity index (χ3n) is 4.80. The highest BCUT2D eigenvalue weighted by Crippen LogP contribution is 2.36. The Morgan fingerprint density at radius 3 is 2.80 bits per heavy atom. The van der Waals surface area contributed by atoms with Crippen LogP contribution in [0, 0.1) is 18.8 Å². The van der Waals surface area contributed by atoms with Crippen molar-refractivity contribution in [2.45, 2.75) is 39.0 Å². The molecule has 2 heterocycles. The fraction of sp³-hybridized carbons (Fsp3) is 0.625. The zero-order valence-corrected chi connectivity index (χ0v) is 12.7. The summed E-state index contributed by atoms with van der Waals surface area (Å²) in [6.07, 6.45) is 8.06. The summed E-state index contributed by atoms with van der Waals surface area (Å²) in [5.74, 6) is 1.57. The smallest absolute Gasteiger partial charge is 0.256 e. The van der Waals surface area contributed by atoms with Crippen LogP contribution in [0.2, 0.25) is 5.02 Å². The van der Waals surface area contributed by atoms with Crippen LogP contribution in [-0.4, -0.2) is 28.9 Å². The highest BCUT2D eigenvalue weighted by atomic mass is 35.5. The molecule has 0 N–H and O–H groups in total. The number of aryl methyl sites for hydroxylation is 1. The molecule has 0 bridgehead atoms. The van der Waals surface area contributed by atoms with Gasteiger partial charge in [-0.2, -0.15) is 0 Å². The van der Waals surface area contributed by atoms with E-state index in [0.717, 1.165) is 31.1 Å². The van der Waals surface area contributed by atoms with Crippen LogP contribution in [0.5, 0.6) is 0 Å². The van der Waals surface area contributed by atoms with E-state index in [1.165, 1.54) is 25.7 Å². The summed E-state index contributed by atoms with van der Waals surface area (Å²) in [7, 11) is 0. The van der Waals surface area contributed by atoms with Crippen molar-refractivity contribution in [3.05, 3.63) is 28.5 Å². The van der Waals surface area contributed by atoms with Crippen molar-refractivity contribution >= 4 is 17.5 Å². The second kappa shape index (κ2) is 5.72. The number of nitrogens with zero attached hydrogens (tertiary/aromatic N) is 2. The number of carbonyl (C=O) groups excluding carboxylic acids is 1. The van der Waals surface area contributed by atoms with Crippen LogP contribution in [0.1, 0.15) is 48.2 Å². The molecule has 2 aliphatic rings. The molecule has 3 nitrogen and oxygen atoms in total. The lowest BCUT2D eigenvalue weighted by atomic mass is 9.75. The summed E-state index contributed by atoms with van der Waals surface area (Å²) in [6.45, 7) is 3.64. The van der Waals surface area contributed by atoms with Gasteiger partial charge in [0.1, 0.15) is 0 Å². The maximum absolute atomic E-state index is 12.6. The van der Waals surface area contributed by atoms with Crippen LogP contribution in [0.3, 0.4) is 0 Å². The van der Waals surface area contributed by atoms with Crippen LogP contribution in [0.4, 0.5) is 0 Å². The number of pyridine rings is 1. The minimum absolute atomic E-state index is 0.0477. The molecule has 1 aliphatic carbocycles. The predicted molar refractivity (Wildman–Crippen MR) is 80.0 cm³/mol. The van der Waals surface area contributed by atoms with E-state index < -0.39 is 0 Å². The average molecular weight is 293 g/mol. The van der Waals surface area contributed by atoms with Gasteiger partial charge >= 0.3 is 0 Å². The van der Waals surface area contributed by atoms with Crippen molar-refractivity contribution in [3.63, 3.8) is 0 Å². The van der Waals surface area contributed by atoms with Crippen molar-refractivity contribution in [2.75, 3.05) is 13.1 Å². The van der Waals surface area contributed by atoms with E-state index in [-0.39, 0.29) is 5.91 Å². The maximum Gasteiger partial charge on any atom is 0.256 e. The minimum Gasteiger partial charge on any atom is -0.338 e. The van der Waals surface area contributed by atoms with Crippen molar-refractivity contribution in [2.24, 2.45) is 11.8 Å². The number of aromatic nitrogens is 1. The van der Waals surface area contributed by atoms with E-state index in [1.807, 2.05) is 11.8 Å². The molecule has 1 saturated carbocycles. The van der Waals surface area contributed by atoms with Gasteiger partial charge in [0.15, 0.2) is 0 Å². The number of piperidine rings is 1. The standard InChI is InChI=1S/C16H21ClN2O/c1-11-8-15(17)14(9-18-11)16(20)19-7-6-12-4-2-3-5-13(12)10-19/h8-9,12-13H,2-7,10H2,1H3. The Kier molecular flexibility index (Phi) is 3.97. The molecule has 2 fully saturated rings. The minimum atomic E-state index is 0.0477. The summed E-state index contributed by atoms with van der Waals surface area (Å²) >= 11 is 6.19. The Bertz CT molecular complexity index is 517. The summed E-state index contributed by atoms with van der Waals surface area (Å²) in [4.78, 5) is 18.8. The third-order valence-corrected chi connectivity index (χ3v) is 5.11. The lowest BCUT2D eigenvalue weighted by Crippen LogP contribution is -2.44. The Morgan fingerprint density at radius 1 is 1.30 bits per heavy atom. The van der Waals surface area contributed by atoms with Crippen molar-refractivity contribution in [1.29, 1.82) is 0 Å². The van der Waals surface area contributed by atoms with Gasteiger partial charge in [0, 0.05) is 25.0 Å². The Hall–Kier alpha value is -1.09. The summed E-state index contributed by atoms with van der Waals surface area (Å²) < 4.78 is 0.